The van der Waals surface area contributed by atoms with E-state index in [-0.39, 0.29) is 72.2 Å². The van der Waals surface area contributed by atoms with Gasteiger partial charge in [-0.1, -0.05) is 0 Å². The van der Waals surface area contributed by atoms with Crippen molar-refractivity contribution in [2.24, 2.45) is 0 Å². The quantitative estimate of drug-likeness (QED) is 0.551. The number of rotatable bonds is 0. The predicted molar refractivity (Wildman–Crippen MR) is 0 cm³/mol. The molecule has 4 heavy (non-hydrogen) atoms. The minimum atomic E-state index is 0. The fourth-order valence-corrected chi connectivity index (χ4v) is 0. The van der Waals surface area contributed by atoms with E-state index in [1.54, 1.807) is 0 Å². The van der Waals surface area contributed by atoms with Gasteiger partial charge in [-0.15, -0.1) is 0 Å². The van der Waals surface area contributed by atoms with Gasteiger partial charge in [-0.05, 0) is 0 Å². The molecule has 0 bridgehead atoms. The van der Waals surface area contributed by atoms with Gasteiger partial charge in [0.05, 0.1) is 0 Å². The minimum absolute atomic E-state index is 0. The first-order valence-electron chi connectivity index (χ1n) is 0. The van der Waals surface area contributed by atoms with Crippen LogP contribution in [0, 0.1) is 0 Å². The molecule has 0 aromatic heterocycles. The van der Waals surface area contributed by atoms with Gasteiger partial charge in [0.2, 0.25) is 0 Å². The topological polar surface area (TPSA) is 0 Å². The zero-order chi connectivity index (χ0) is 0. The first-order chi connectivity index (χ1) is 0. The summed E-state index contributed by atoms with van der Waals surface area (Å²) >= 11 is 0. The smallest absolute Gasteiger partial charge is 0 e. The summed E-state index contributed by atoms with van der Waals surface area (Å²) in [5, 5.41) is 0. The molecule has 0 heterocycles. The van der Waals surface area contributed by atoms with E-state index < -0.39 is 0 Å². The molecule has 0 rings (SSSR count). The maximum absolute atomic E-state index is 0. The monoisotopic (exact) mass is 322 g/mol. The van der Waals surface area contributed by atoms with Crippen molar-refractivity contribution in [2.75, 3.05) is 0 Å². The zero-order valence-corrected chi connectivity index (χ0v) is 6.74. The molecule has 0 saturated carbocycles. The fourth-order valence-electron chi connectivity index (χ4n) is 0. The Morgan fingerprint density at radius 2 is 1.00 bits per heavy atom. The predicted octanol–water partition coefficient (Wildman–Crippen LogP) is -0.0100. The van der Waals surface area contributed by atoms with Crippen LogP contribution in [0.3, 0.4) is 0 Å². The second kappa shape index (κ2) is 18.7. The van der Waals surface area contributed by atoms with E-state index >= 15 is 0 Å². The first-order valence-corrected chi connectivity index (χ1v) is 0. The summed E-state index contributed by atoms with van der Waals surface area (Å²) in [6.45, 7) is 0. The molecule has 0 atom stereocenters. The van der Waals surface area contributed by atoms with Gasteiger partial charge in [0.25, 0.3) is 0 Å². The van der Waals surface area contributed by atoms with E-state index in [9.17, 15) is 0 Å². The summed E-state index contributed by atoms with van der Waals surface area (Å²) in [7, 11) is 0. The van der Waals surface area contributed by atoms with Crippen molar-refractivity contribution >= 4 is 0 Å². The second-order valence-corrected chi connectivity index (χ2v) is 0. The third-order valence-electron chi connectivity index (χ3n) is 0. The first kappa shape index (κ1) is 34.1. The van der Waals surface area contributed by atoms with Gasteiger partial charge in [-0.2, -0.15) is 0 Å². The Kier molecular flexibility index (Phi) is 160. The van der Waals surface area contributed by atoms with Gasteiger partial charge >= 0.3 is 0 Å². The SMILES string of the molecule is [Co].[Ni].[Rh].[Ru]. The Morgan fingerprint density at radius 1 is 1.00 bits per heavy atom. The third-order valence-corrected chi connectivity index (χ3v) is 0. The molecule has 36 valence electrons. The van der Waals surface area contributed by atoms with Gasteiger partial charge in [-0.25, -0.2) is 0 Å². The van der Waals surface area contributed by atoms with Gasteiger partial charge in [-0.3, -0.25) is 0 Å². The molecule has 0 aliphatic heterocycles. The Hall–Kier alpha value is 2.25. The molecule has 0 unspecified atom stereocenters. The zero-order valence-electron chi connectivity index (χ0n) is 1.34. The van der Waals surface area contributed by atoms with Crippen molar-refractivity contribution < 1.29 is 72.2 Å². The van der Waals surface area contributed by atoms with Crippen LogP contribution in [-0.4, -0.2) is 0 Å². The molecule has 2 radical (unpaired) electrons. The maximum Gasteiger partial charge on any atom is 0 e. The van der Waals surface area contributed by atoms with E-state index in [1.165, 1.54) is 0 Å². The van der Waals surface area contributed by atoms with Crippen molar-refractivity contribution in [3.05, 3.63) is 0 Å². The van der Waals surface area contributed by atoms with Crippen LogP contribution in [0.25, 0.3) is 0 Å². The number of hydrogen-bond donors (Lipinski definition) is 0. The van der Waals surface area contributed by atoms with Crippen LogP contribution >= 0.6 is 0 Å². The molecule has 0 aliphatic rings. The molecule has 0 aliphatic carbocycles. The molecule has 0 spiro atoms. The summed E-state index contributed by atoms with van der Waals surface area (Å²) in [6, 6.07) is 0. The molecular weight excluding hydrogens is 322 g/mol. The Balaban J connectivity index is 0. The Labute approximate surface area is 71.5 Å². The summed E-state index contributed by atoms with van der Waals surface area (Å²) in [6.07, 6.45) is 0. The van der Waals surface area contributed by atoms with Crippen LogP contribution in [-0.2, 0) is 72.2 Å². The molecule has 0 fully saturated rings. The van der Waals surface area contributed by atoms with Crippen molar-refractivity contribution in [3.63, 3.8) is 0 Å². The van der Waals surface area contributed by atoms with Crippen LogP contribution in [0.2, 0.25) is 0 Å². The van der Waals surface area contributed by atoms with E-state index in [4.69, 9.17) is 0 Å². The maximum atomic E-state index is 0. The van der Waals surface area contributed by atoms with Crippen LogP contribution in [0.15, 0.2) is 0 Å². The van der Waals surface area contributed by atoms with Gasteiger partial charge in [0.15, 0.2) is 0 Å². The molecule has 0 nitrogen and oxygen atoms in total. The van der Waals surface area contributed by atoms with E-state index in [0.717, 1.165) is 0 Å². The van der Waals surface area contributed by atoms with Crippen molar-refractivity contribution in [1.29, 1.82) is 0 Å². The minimum Gasteiger partial charge on any atom is 0 e. The summed E-state index contributed by atoms with van der Waals surface area (Å²) < 4.78 is 0. The van der Waals surface area contributed by atoms with Crippen molar-refractivity contribution in [1.82, 2.24) is 0 Å². The van der Waals surface area contributed by atoms with Gasteiger partial charge in [0.1, 0.15) is 0 Å². The van der Waals surface area contributed by atoms with Crippen LogP contribution in [0.1, 0.15) is 0 Å². The largest absolute Gasteiger partial charge is 0 e. The Morgan fingerprint density at radius 3 is 1.00 bits per heavy atom. The average Bonchev–Trinajstić information content (AvgIpc) is 0. The molecule has 4 heteroatoms. The van der Waals surface area contributed by atoms with Crippen molar-refractivity contribution in [3.8, 4) is 0 Å². The fraction of sp³-hybridized carbons (Fsp3) is 0. The third kappa shape index (κ3) is 8.87. The summed E-state index contributed by atoms with van der Waals surface area (Å²) in [5.41, 5.74) is 0. The number of hydrogen-bond acceptors (Lipinski definition) is 0. The van der Waals surface area contributed by atoms with Crippen molar-refractivity contribution in [2.45, 2.75) is 0 Å². The standard InChI is InChI=1S/Co.Ni.Rh.Ru. The summed E-state index contributed by atoms with van der Waals surface area (Å²) in [5.74, 6) is 0. The van der Waals surface area contributed by atoms with E-state index in [2.05, 4.69) is 0 Å². The molecule has 0 aromatic rings. The van der Waals surface area contributed by atoms with Crippen LogP contribution in [0.5, 0.6) is 0 Å². The molecule has 0 N–H and O–H groups in total. The average molecular weight is 322 g/mol. The van der Waals surface area contributed by atoms with Gasteiger partial charge in [0, 0.05) is 72.2 Å². The normalized spacial score (nSPS) is 0. The second-order valence-electron chi connectivity index (χ2n) is 0. The van der Waals surface area contributed by atoms with Crippen LogP contribution < -0.4 is 0 Å². The molecular formula is CoNiRhRu. The van der Waals surface area contributed by atoms with Gasteiger partial charge < -0.3 is 0 Å². The Bertz CT molecular complexity index is 8.00. The van der Waals surface area contributed by atoms with E-state index in [1.807, 2.05) is 0 Å². The molecule has 0 saturated heterocycles. The van der Waals surface area contributed by atoms with Crippen LogP contribution in [0.4, 0.5) is 0 Å². The molecule has 0 amide bonds. The molecule has 0 aromatic carbocycles. The van der Waals surface area contributed by atoms with E-state index in [0.29, 0.717) is 0 Å². The summed E-state index contributed by atoms with van der Waals surface area (Å²) in [4.78, 5) is 0.